The van der Waals surface area contributed by atoms with Crippen LogP contribution in [0.2, 0.25) is 0 Å². The molecule has 0 aliphatic heterocycles. The van der Waals surface area contributed by atoms with Gasteiger partial charge in [-0.3, -0.25) is 4.98 Å². The Morgan fingerprint density at radius 1 is 1.25 bits per heavy atom. The van der Waals surface area contributed by atoms with Crippen molar-refractivity contribution >= 4 is 5.97 Å². The largest absolute Gasteiger partial charge is 0.465 e. The molecule has 0 aliphatic rings. The van der Waals surface area contributed by atoms with Crippen LogP contribution >= 0.6 is 0 Å². The van der Waals surface area contributed by atoms with Gasteiger partial charge >= 0.3 is 12.1 Å². The average Bonchev–Trinajstić information content (AvgIpc) is 2.45. The molecule has 0 aliphatic carbocycles. The van der Waals surface area contributed by atoms with Crippen LogP contribution in [0.5, 0.6) is 0 Å². The fraction of sp³-hybridized carbons (Fsp3) is 0.143. The number of nitrogens with zero attached hydrogens (tertiary/aromatic N) is 1. The van der Waals surface area contributed by atoms with Crippen LogP contribution in [-0.4, -0.2) is 18.1 Å². The molecule has 0 atom stereocenters. The Morgan fingerprint density at radius 2 is 2.00 bits per heavy atom. The van der Waals surface area contributed by atoms with Gasteiger partial charge in [-0.15, -0.1) is 0 Å². The number of rotatable bonds is 2. The number of hydrogen-bond donors (Lipinski definition) is 0. The lowest BCUT2D eigenvalue weighted by molar-refractivity contribution is -0.137. The molecule has 20 heavy (non-hydrogen) atoms. The Bertz CT molecular complexity index is 624. The Balaban J connectivity index is 2.64. The van der Waals surface area contributed by atoms with Gasteiger partial charge in [0.25, 0.3) is 0 Å². The maximum Gasteiger partial charge on any atom is 0.417 e. The molecule has 1 aromatic heterocycles. The first-order valence-corrected chi connectivity index (χ1v) is 5.63. The summed E-state index contributed by atoms with van der Waals surface area (Å²) in [5.74, 6) is -0.691. The van der Waals surface area contributed by atoms with E-state index in [1.165, 1.54) is 31.6 Å². The summed E-state index contributed by atoms with van der Waals surface area (Å²) in [6.45, 7) is 0. The molecule has 0 N–H and O–H groups in total. The van der Waals surface area contributed by atoms with Gasteiger partial charge in [0.15, 0.2) is 0 Å². The van der Waals surface area contributed by atoms with Crippen LogP contribution in [0.25, 0.3) is 11.1 Å². The summed E-state index contributed by atoms with van der Waals surface area (Å²) >= 11 is 0. The van der Waals surface area contributed by atoms with Crippen molar-refractivity contribution in [3.63, 3.8) is 0 Å². The van der Waals surface area contributed by atoms with E-state index in [-0.39, 0.29) is 16.7 Å². The van der Waals surface area contributed by atoms with Crippen molar-refractivity contribution in [1.82, 2.24) is 4.98 Å². The van der Waals surface area contributed by atoms with Gasteiger partial charge in [-0.05, 0) is 29.8 Å². The first-order valence-electron chi connectivity index (χ1n) is 5.63. The zero-order valence-corrected chi connectivity index (χ0v) is 10.4. The van der Waals surface area contributed by atoms with Gasteiger partial charge in [0.2, 0.25) is 0 Å². The molecule has 1 aromatic carbocycles. The Morgan fingerprint density at radius 3 is 2.55 bits per heavy atom. The summed E-state index contributed by atoms with van der Waals surface area (Å²) < 4.78 is 43.6. The Labute approximate surface area is 113 Å². The minimum Gasteiger partial charge on any atom is -0.465 e. The maximum absolute atomic E-state index is 13.0. The van der Waals surface area contributed by atoms with Gasteiger partial charge in [-0.1, -0.05) is 6.07 Å². The van der Waals surface area contributed by atoms with E-state index in [0.29, 0.717) is 0 Å². The Hall–Kier alpha value is -2.37. The highest BCUT2D eigenvalue weighted by Crippen LogP contribution is 2.37. The second-order valence-electron chi connectivity index (χ2n) is 3.99. The Kier molecular flexibility index (Phi) is 3.74. The highest BCUT2D eigenvalue weighted by atomic mass is 19.4. The van der Waals surface area contributed by atoms with Gasteiger partial charge in [-0.2, -0.15) is 13.2 Å². The highest BCUT2D eigenvalue weighted by Gasteiger charge is 2.34. The lowest BCUT2D eigenvalue weighted by Gasteiger charge is -2.14. The van der Waals surface area contributed by atoms with Crippen LogP contribution in [0.3, 0.4) is 0 Å². The molecule has 0 radical (unpaired) electrons. The normalized spacial score (nSPS) is 11.2. The topological polar surface area (TPSA) is 39.2 Å². The van der Waals surface area contributed by atoms with E-state index in [1.54, 1.807) is 0 Å². The highest BCUT2D eigenvalue weighted by molar-refractivity contribution is 5.91. The number of aromatic nitrogens is 1. The molecule has 3 nitrogen and oxygen atoms in total. The van der Waals surface area contributed by atoms with E-state index in [1.807, 2.05) is 0 Å². The van der Waals surface area contributed by atoms with Crippen molar-refractivity contribution in [1.29, 1.82) is 0 Å². The molecule has 2 rings (SSSR count). The van der Waals surface area contributed by atoms with Crippen molar-refractivity contribution in [2.45, 2.75) is 6.18 Å². The van der Waals surface area contributed by atoms with Crippen molar-refractivity contribution < 1.29 is 22.7 Å². The molecule has 1 heterocycles. The molecule has 0 amide bonds. The van der Waals surface area contributed by atoms with Crippen molar-refractivity contribution in [3.8, 4) is 11.1 Å². The quantitative estimate of drug-likeness (QED) is 0.790. The van der Waals surface area contributed by atoms with Crippen LogP contribution in [0.1, 0.15) is 15.9 Å². The zero-order valence-electron chi connectivity index (χ0n) is 10.4. The monoisotopic (exact) mass is 281 g/mol. The van der Waals surface area contributed by atoms with Crippen molar-refractivity contribution in [2.24, 2.45) is 0 Å². The predicted octanol–water partition coefficient (Wildman–Crippen LogP) is 3.55. The second kappa shape index (κ2) is 5.32. The number of hydrogen-bond acceptors (Lipinski definition) is 3. The average molecular weight is 281 g/mol. The number of halogens is 3. The third-order valence-corrected chi connectivity index (χ3v) is 2.72. The van der Waals surface area contributed by atoms with Crippen molar-refractivity contribution in [3.05, 3.63) is 53.9 Å². The molecule has 0 saturated carbocycles. The first kappa shape index (κ1) is 14.0. The fourth-order valence-electron chi connectivity index (χ4n) is 1.80. The molecule has 0 saturated heterocycles. The standard InChI is InChI=1S/C14H10F3NO2/c1-20-13(19)9-4-5-12(14(15,16)17)11(7-9)10-3-2-6-18-8-10/h2-8H,1H3. The number of benzene rings is 1. The predicted molar refractivity (Wildman–Crippen MR) is 66.0 cm³/mol. The van der Waals surface area contributed by atoms with Crippen LogP contribution in [0, 0.1) is 0 Å². The van der Waals surface area contributed by atoms with E-state index >= 15 is 0 Å². The minimum atomic E-state index is -4.51. The molecular weight excluding hydrogens is 271 g/mol. The van der Waals surface area contributed by atoms with E-state index < -0.39 is 17.7 Å². The summed E-state index contributed by atoms with van der Waals surface area (Å²) in [7, 11) is 1.17. The first-order chi connectivity index (χ1) is 9.43. The number of methoxy groups -OCH3 is 1. The van der Waals surface area contributed by atoms with Gasteiger partial charge in [0.05, 0.1) is 18.2 Å². The maximum atomic E-state index is 13.0. The summed E-state index contributed by atoms with van der Waals surface area (Å²) in [5.41, 5.74) is -0.586. The van der Waals surface area contributed by atoms with Gasteiger partial charge in [-0.25, -0.2) is 4.79 Å². The SMILES string of the molecule is COC(=O)c1ccc(C(F)(F)F)c(-c2cccnc2)c1. The van der Waals surface area contributed by atoms with Crippen LogP contribution in [0.15, 0.2) is 42.7 Å². The van der Waals surface area contributed by atoms with E-state index in [4.69, 9.17) is 0 Å². The lowest BCUT2D eigenvalue weighted by atomic mass is 9.98. The van der Waals surface area contributed by atoms with Gasteiger partial charge in [0.1, 0.15) is 0 Å². The third-order valence-electron chi connectivity index (χ3n) is 2.72. The summed E-state index contributed by atoms with van der Waals surface area (Å²) in [5, 5.41) is 0. The number of alkyl halides is 3. The third kappa shape index (κ3) is 2.79. The molecule has 104 valence electrons. The van der Waals surface area contributed by atoms with E-state index in [2.05, 4.69) is 9.72 Å². The number of pyridine rings is 1. The summed E-state index contributed by atoms with van der Waals surface area (Å²) in [4.78, 5) is 15.2. The van der Waals surface area contributed by atoms with E-state index in [0.717, 1.165) is 18.2 Å². The molecule has 0 bridgehead atoms. The smallest absolute Gasteiger partial charge is 0.417 e. The number of ether oxygens (including phenoxy) is 1. The van der Waals surface area contributed by atoms with Crippen molar-refractivity contribution in [2.75, 3.05) is 7.11 Å². The van der Waals surface area contributed by atoms with Crippen LogP contribution in [-0.2, 0) is 10.9 Å². The lowest BCUT2D eigenvalue weighted by Crippen LogP contribution is -2.09. The van der Waals surface area contributed by atoms with Gasteiger partial charge < -0.3 is 4.74 Å². The van der Waals surface area contributed by atoms with Crippen LogP contribution in [0.4, 0.5) is 13.2 Å². The molecule has 0 fully saturated rings. The van der Waals surface area contributed by atoms with Gasteiger partial charge in [0, 0.05) is 18.0 Å². The molecule has 6 heteroatoms. The number of carbonyl (C=O) groups is 1. The molecule has 0 unspecified atom stereocenters. The zero-order chi connectivity index (χ0) is 14.8. The number of esters is 1. The van der Waals surface area contributed by atoms with E-state index in [9.17, 15) is 18.0 Å². The van der Waals surface area contributed by atoms with Crippen LogP contribution < -0.4 is 0 Å². The molecular formula is C14H10F3NO2. The number of carbonyl (C=O) groups excluding carboxylic acids is 1. The molecule has 2 aromatic rings. The second-order valence-corrected chi connectivity index (χ2v) is 3.99. The molecule has 0 spiro atoms. The summed E-state index contributed by atoms with van der Waals surface area (Å²) in [6, 6.07) is 6.15. The fourth-order valence-corrected chi connectivity index (χ4v) is 1.80. The summed E-state index contributed by atoms with van der Waals surface area (Å²) in [6.07, 6.45) is -1.74. The minimum absolute atomic E-state index is 0.0550.